The van der Waals surface area contributed by atoms with Crippen molar-refractivity contribution in [1.29, 1.82) is 5.26 Å². The van der Waals surface area contributed by atoms with Gasteiger partial charge >= 0.3 is 0 Å². The van der Waals surface area contributed by atoms with Gasteiger partial charge < -0.3 is 5.43 Å². The summed E-state index contributed by atoms with van der Waals surface area (Å²) in [6, 6.07) is 7.64. The SMILES string of the molecule is N#CCc1ccc(NN)c(Br)c1. The van der Waals surface area contributed by atoms with Crippen LogP contribution in [0.15, 0.2) is 22.7 Å². The van der Waals surface area contributed by atoms with Crippen LogP contribution in [0.3, 0.4) is 0 Å². The zero-order valence-electron chi connectivity index (χ0n) is 6.34. The summed E-state index contributed by atoms with van der Waals surface area (Å²) in [7, 11) is 0. The molecule has 0 heterocycles. The smallest absolute Gasteiger partial charge is 0.0669 e. The third-order valence-electron chi connectivity index (χ3n) is 1.47. The topological polar surface area (TPSA) is 61.8 Å². The predicted octanol–water partition coefficient (Wildman–Crippen LogP) is 1.80. The van der Waals surface area contributed by atoms with E-state index in [2.05, 4.69) is 27.4 Å². The normalized spacial score (nSPS) is 9.08. The fourth-order valence-electron chi connectivity index (χ4n) is 0.877. The molecule has 12 heavy (non-hydrogen) atoms. The van der Waals surface area contributed by atoms with E-state index >= 15 is 0 Å². The number of nitriles is 1. The Hall–Kier alpha value is -1.05. The third-order valence-corrected chi connectivity index (χ3v) is 2.13. The second-order valence-electron chi connectivity index (χ2n) is 2.29. The molecule has 1 aromatic carbocycles. The number of halogens is 1. The maximum Gasteiger partial charge on any atom is 0.0669 e. The standard InChI is InChI=1S/C8H8BrN3/c9-7-5-6(3-4-10)1-2-8(7)12-11/h1-2,5,12H,3,11H2. The lowest BCUT2D eigenvalue weighted by molar-refractivity contribution is 1.24. The molecule has 62 valence electrons. The molecule has 0 aliphatic carbocycles. The number of nitrogens with zero attached hydrogens (tertiary/aromatic N) is 1. The molecule has 3 N–H and O–H groups in total. The van der Waals surface area contributed by atoms with Crippen LogP contribution >= 0.6 is 15.9 Å². The third kappa shape index (κ3) is 1.97. The summed E-state index contributed by atoms with van der Waals surface area (Å²) in [5, 5.41) is 8.43. The van der Waals surface area contributed by atoms with E-state index in [4.69, 9.17) is 11.1 Å². The Morgan fingerprint density at radius 2 is 2.33 bits per heavy atom. The van der Waals surface area contributed by atoms with Crippen LogP contribution in [0.1, 0.15) is 5.56 Å². The number of nitrogens with two attached hydrogens (primary N) is 1. The molecule has 0 bridgehead atoms. The van der Waals surface area contributed by atoms with E-state index < -0.39 is 0 Å². The van der Waals surface area contributed by atoms with Gasteiger partial charge in [-0.05, 0) is 33.6 Å². The minimum atomic E-state index is 0.420. The zero-order chi connectivity index (χ0) is 8.97. The second kappa shape index (κ2) is 4.10. The molecule has 0 radical (unpaired) electrons. The molecule has 0 saturated carbocycles. The van der Waals surface area contributed by atoms with Crippen LogP contribution in [0.25, 0.3) is 0 Å². The van der Waals surface area contributed by atoms with Gasteiger partial charge in [0.2, 0.25) is 0 Å². The number of hydrogen-bond donors (Lipinski definition) is 2. The molecule has 4 heteroatoms. The summed E-state index contributed by atoms with van der Waals surface area (Å²) in [6.07, 6.45) is 0.420. The van der Waals surface area contributed by atoms with E-state index in [1.54, 1.807) is 0 Å². The monoisotopic (exact) mass is 225 g/mol. The Morgan fingerprint density at radius 3 is 2.83 bits per heavy atom. The zero-order valence-corrected chi connectivity index (χ0v) is 7.93. The molecular weight excluding hydrogens is 218 g/mol. The average Bonchev–Trinajstić information content (AvgIpc) is 2.05. The van der Waals surface area contributed by atoms with Crippen molar-refractivity contribution in [3.63, 3.8) is 0 Å². The number of benzene rings is 1. The lowest BCUT2D eigenvalue weighted by Crippen LogP contribution is -2.07. The Balaban J connectivity index is 2.95. The summed E-state index contributed by atoms with van der Waals surface area (Å²) in [5.74, 6) is 5.23. The molecule has 0 aliphatic rings. The van der Waals surface area contributed by atoms with E-state index in [1.807, 2.05) is 18.2 Å². The molecular formula is C8H8BrN3. The van der Waals surface area contributed by atoms with E-state index in [9.17, 15) is 0 Å². The number of hydrogen-bond acceptors (Lipinski definition) is 3. The molecule has 1 rings (SSSR count). The highest BCUT2D eigenvalue weighted by molar-refractivity contribution is 9.10. The van der Waals surface area contributed by atoms with Crippen LogP contribution in [0.2, 0.25) is 0 Å². The maximum atomic E-state index is 8.43. The fraction of sp³-hybridized carbons (Fsp3) is 0.125. The lowest BCUT2D eigenvalue weighted by atomic mass is 10.1. The van der Waals surface area contributed by atoms with Crippen molar-refractivity contribution in [2.75, 3.05) is 5.43 Å². The molecule has 0 spiro atoms. The van der Waals surface area contributed by atoms with Crippen molar-refractivity contribution in [3.05, 3.63) is 28.2 Å². The highest BCUT2D eigenvalue weighted by Crippen LogP contribution is 2.22. The first-order valence-electron chi connectivity index (χ1n) is 3.40. The summed E-state index contributed by atoms with van der Waals surface area (Å²) in [5.41, 5.74) is 4.33. The van der Waals surface area contributed by atoms with Gasteiger partial charge in [0.1, 0.15) is 0 Å². The molecule has 0 aromatic heterocycles. The van der Waals surface area contributed by atoms with Crippen LogP contribution in [-0.4, -0.2) is 0 Å². The van der Waals surface area contributed by atoms with Gasteiger partial charge in [0.25, 0.3) is 0 Å². The average molecular weight is 226 g/mol. The first-order chi connectivity index (χ1) is 5.77. The van der Waals surface area contributed by atoms with Crippen molar-refractivity contribution in [3.8, 4) is 6.07 Å². The molecule has 0 unspecified atom stereocenters. The van der Waals surface area contributed by atoms with Gasteiger partial charge in [0.15, 0.2) is 0 Å². The molecule has 0 aliphatic heterocycles. The van der Waals surface area contributed by atoms with Gasteiger partial charge in [0, 0.05) is 4.47 Å². The molecule has 0 fully saturated rings. The van der Waals surface area contributed by atoms with Gasteiger partial charge in [-0.3, -0.25) is 5.84 Å². The molecule has 3 nitrogen and oxygen atoms in total. The van der Waals surface area contributed by atoms with Crippen molar-refractivity contribution >= 4 is 21.6 Å². The molecule has 0 amide bonds. The Kier molecular flexibility index (Phi) is 3.09. The summed E-state index contributed by atoms with van der Waals surface area (Å²) in [4.78, 5) is 0. The Bertz CT molecular complexity index is 317. The second-order valence-corrected chi connectivity index (χ2v) is 3.15. The van der Waals surface area contributed by atoms with Crippen LogP contribution in [0, 0.1) is 11.3 Å². The van der Waals surface area contributed by atoms with E-state index in [1.165, 1.54) is 0 Å². The highest BCUT2D eigenvalue weighted by atomic mass is 79.9. The van der Waals surface area contributed by atoms with E-state index in [0.717, 1.165) is 15.7 Å². The summed E-state index contributed by atoms with van der Waals surface area (Å²) < 4.78 is 0.873. The first-order valence-corrected chi connectivity index (χ1v) is 4.19. The lowest BCUT2D eigenvalue weighted by Gasteiger charge is -2.03. The van der Waals surface area contributed by atoms with E-state index in [0.29, 0.717) is 6.42 Å². The molecule has 1 aromatic rings. The van der Waals surface area contributed by atoms with Gasteiger partial charge in [-0.2, -0.15) is 5.26 Å². The van der Waals surface area contributed by atoms with Gasteiger partial charge in [-0.1, -0.05) is 6.07 Å². The number of rotatable bonds is 2. The van der Waals surface area contributed by atoms with Gasteiger partial charge in [-0.15, -0.1) is 0 Å². The Morgan fingerprint density at radius 1 is 1.58 bits per heavy atom. The van der Waals surface area contributed by atoms with Crippen LogP contribution in [0.5, 0.6) is 0 Å². The highest BCUT2D eigenvalue weighted by Gasteiger charge is 1.98. The number of nitrogens with one attached hydrogen (secondary N) is 1. The minimum Gasteiger partial charge on any atom is -0.323 e. The number of anilines is 1. The van der Waals surface area contributed by atoms with Crippen molar-refractivity contribution in [1.82, 2.24) is 0 Å². The molecule has 0 atom stereocenters. The van der Waals surface area contributed by atoms with Crippen molar-refractivity contribution in [2.45, 2.75) is 6.42 Å². The fourth-order valence-corrected chi connectivity index (χ4v) is 1.42. The van der Waals surface area contributed by atoms with Gasteiger partial charge in [-0.25, -0.2) is 0 Å². The van der Waals surface area contributed by atoms with Gasteiger partial charge in [0.05, 0.1) is 18.2 Å². The molecule has 0 saturated heterocycles. The first kappa shape index (κ1) is 9.04. The van der Waals surface area contributed by atoms with Crippen LogP contribution < -0.4 is 11.3 Å². The van der Waals surface area contributed by atoms with E-state index in [-0.39, 0.29) is 0 Å². The number of hydrazine groups is 1. The van der Waals surface area contributed by atoms with Crippen LogP contribution in [-0.2, 0) is 6.42 Å². The van der Waals surface area contributed by atoms with Crippen molar-refractivity contribution in [2.24, 2.45) is 5.84 Å². The number of nitrogen functional groups attached to an aromatic ring is 1. The quantitative estimate of drug-likeness (QED) is 0.597. The maximum absolute atomic E-state index is 8.43. The summed E-state index contributed by atoms with van der Waals surface area (Å²) in [6.45, 7) is 0. The Labute approximate surface area is 79.3 Å². The largest absolute Gasteiger partial charge is 0.323 e. The minimum absolute atomic E-state index is 0.420. The predicted molar refractivity (Wildman–Crippen MR) is 51.3 cm³/mol. The summed E-state index contributed by atoms with van der Waals surface area (Å²) >= 11 is 3.33. The van der Waals surface area contributed by atoms with Crippen molar-refractivity contribution < 1.29 is 0 Å². The van der Waals surface area contributed by atoms with Crippen LogP contribution in [0.4, 0.5) is 5.69 Å².